The van der Waals surface area contributed by atoms with Crippen LogP contribution in [0, 0.1) is 5.82 Å². The third-order valence-corrected chi connectivity index (χ3v) is 3.47. The van der Waals surface area contributed by atoms with Crippen molar-refractivity contribution in [3.63, 3.8) is 0 Å². The minimum Gasteiger partial charge on any atom is -0.497 e. The molecule has 24 heavy (non-hydrogen) atoms. The van der Waals surface area contributed by atoms with Gasteiger partial charge in [0.2, 0.25) is 0 Å². The summed E-state index contributed by atoms with van der Waals surface area (Å²) in [7, 11) is 1.57. The molecule has 0 aliphatic carbocycles. The molecule has 1 amide bonds. The van der Waals surface area contributed by atoms with Crippen LogP contribution in [0.5, 0.6) is 5.75 Å². The molecule has 0 fully saturated rings. The largest absolute Gasteiger partial charge is 0.497 e. The lowest BCUT2D eigenvalue weighted by Gasteiger charge is -2.04. The van der Waals surface area contributed by atoms with Gasteiger partial charge < -0.3 is 14.6 Å². The Morgan fingerprint density at radius 3 is 2.54 bits per heavy atom. The van der Waals surface area contributed by atoms with Gasteiger partial charge in [-0.25, -0.2) is 4.39 Å². The Morgan fingerprint density at radius 2 is 1.88 bits per heavy atom. The molecule has 3 aromatic rings. The fourth-order valence-electron chi connectivity index (χ4n) is 2.16. The van der Waals surface area contributed by atoms with Gasteiger partial charge in [-0.1, -0.05) is 5.16 Å². The Balaban J connectivity index is 1.62. The predicted molar refractivity (Wildman–Crippen MR) is 86.1 cm³/mol. The molecule has 2 aromatic carbocycles. The van der Waals surface area contributed by atoms with Crippen molar-refractivity contribution in [2.45, 2.75) is 6.54 Å². The van der Waals surface area contributed by atoms with Crippen LogP contribution in [0.3, 0.4) is 0 Å². The van der Waals surface area contributed by atoms with E-state index in [0.29, 0.717) is 22.8 Å². The fourth-order valence-corrected chi connectivity index (χ4v) is 2.16. The third kappa shape index (κ3) is 3.60. The number of amides is 1. The van der Waals surface area contributed by atoms with Gasteiger partial charge >= 0.3 is 0 Å². The number of nitrogens with one attached hydrogen (secondary N) is 1. The monoisotopic (exact) mass is 326 g/mol. The molecule has 0 spiro atoms. The van der Waals surface area contributed by atoms with Crippen LogP contribution in [-0.4, -0.2) is 18.2 Å². The number of ether oxygens (including phenoxy) is 1. The molecule has 1 aromatic heterocycles. The van der Waals surface area contributed by atoms with Crippen LogP contribution in [0.15, 0.2) is 59.1 Å². The van der Waals surface area contributed by atoms with E-state index in [9.17, 15) is 9.18 Å². The second-order valence-electron chi connectivity index (χ2n) is 5.10. The number of carbonyl (C=O) groups is 1. The molecule has 122 valence electrons. The third-order valence-electron chi connectivity index (χ3n) is 3.47. The van der Waals surface area contributed by atoms with E-state index in [0.717, 1.165) is 5.56 Å². The quantitative estimate of drug-likeness (QED) is 0.780. The van der Waals surface area contributed by atoms with E-state index in [1.165, 1.54) is 12.1 Å². The number of methoxy groups -OCH3 is 1. The summed E-state index contributed by atoms with van der Waals surface area (Å²) in [6, 6.07) is 14.4. The molecular formula is C18H15FN2O3. The minimum atomic E-state index is -0.315. The molecule has 6 heteroatoms. The van der Waals surface area contributed by atoms with Crippen molar-refractivity contribution in [3.8, 4) is 17.1 Å². The highest BCUT2D eigenvalue weighted by Gasteiger charge is 2.10. The maximum absolute atomic E-state index is 12.9. The molecule has 0 aliphatic rings. The van der Waals surface area contributed by atoms with Crippen molar-refractivity contribution in [3.05, 3.63) is 71.7 Å². The van der Waals surface area contributed by atoms with Crippen molar-refractivity contribution in [2.75, 3.05) is 7.11 Å². The highest BCUT2D eigenvalue weighted by Crippen LogP contribution is 2.20. The van der Waals surface area contributed by atoms with Gasteiger partial charge in [-0.3, -0.25) is 4.79 Å². The van der Waals surface area contributed by atoms with Crippen molar-refractivity contribution in [2.24, 2.45) is 0 Å². The topological polar surface area (TPSA) is 64.4 Å². The van der Waals surface area contributed by atoms with Gasteiger partial charge in [0, 0.05) is 17.2 Å². The number of halogens is 1. The molecular weight excluding hydrogens is 311 g/mol. The summed E-state index contributed by atoms with van der Waals surface area (Å²) in [5, 5.41) is 6.67. The minimum absolute atomic E-state index is 0.219. The summed E-state index contributed by atoms with van der Waals surface area (Å²) in [6.45, 7) is 0.232. The first kappa shape index (κ1) is 15.7. The Bertz CT molecular complexity index is 826. The maximum atomic E-state index is 12.9. The molecule has 0 atom stereocenters. The van der Waals surface area contributed by atoms with Crippen molar-refractivity contribution in [1.29, 1.82) is 0 Å². The van der Waals surface area contributed by atoms with Gasteiger partial charge in [-0.2, -0.15) is 0 Å². The second kappa shape index (κ2) is 6.95. The first-order chi connectivity index (χ1) is 11.7. The Kier molecular flexibility index (Phi) is 4.56. The Labute approximate surface area is 138 Å². The number of benzene rings is 2. The van der Waals surface area contributed by atoms with Crippen LogP contribution >= 0.6 is 0 Å². The van der Waals surface area contributed by atoms with Gasteiger partial charge in [-0.05, 0) is 48.5 Å². The average Bonchev–Trinajstić information content (AvgIpc) is 3.09. The smallest absolute Gasteiger partial charge is 0.251 e. The first-order valence-corrected chi connectivity index (χ1v) is 7.29. The number of carbonyl (C=O) groups excluding carboxylic acids is 1. The summed E-state index contributed by atoms with van der Waals surface area (Å²) in [5.74, 6) is 0.671. The van der Waals surface area contributed by atoms with E-state index in [-0.39, 0.29) is 18.3 Å². The summed E-state index contributed by atoms with van der Waals surface area (Å²) in [5.41, 5.74) is 1.82. The summed E-state index contributed by atoms with van der Waals surface area (Å²) in [4.78, 5) is 12.1. The number of hydrogen-bond acceptors (Lipinski definition) is 4. The molecule has 5 nitrogen and oxygen atoms in total. The normalized spacial score (nSPS) is 10.4. The number of nitrogens with zero attached hydrogens (tertiary/aromatic N) is 1. The molecule has 0 unspecified atom stereocenters. The van der Waals surface area contributed by atoms with Crippen molar-refractivity contribution < 1.29 is 18.4 Å². The zero-order chi connectivity index (χ0) is 16.9. The molecule has 0 bridgehead atoms. The van der Waals surface area contributed by atoms with E-state index in [4.69, 9.17) is 9.26 Å². The molecule has 0 aliphatic heterocycles. The van der Waals surface area contributed by atoms with E-state index < -0.39 is 0 Å². The maximum Gasteiger partial charge on any atom is 0.251 e. The zero-order valence-corrected chi connectivity index (χ0v) is 13.0. The van der Waals surface area contributed by atoms with Crippen molar-refractivity contribution >= 4 is 5.91 Å². The summed E-state index contributed by atoms with van der Waals surface area (Å²) >= 11 is 0. The Morgan fingerprint density at radius 1 is 1.17 bits per heavy atom. The highest BCUT2D eigenvalue weighted by atomic mass is 19.1. The number of aromatic nitrogens is 1. The molecule has 3 rings (SSSR count). The molecule has 1 N–H and O–H groups in total. The van der Waals surface area contributed by atoms with E-state index in [1.807, 2.05) is 0 Å². The van der Waals surface area contributed by atoms with Crippen LogP contribution in [0.25, 0.3) is 11.3 Å². The van der Waals surface area contributed by atoms with Gasteiger partial charge in [0.05, 0.1) is 13.7 Å². The van der Waals surface area contributed by atoms with Gasteiger partial charge in [0.25, 0.3) is 5.91 Å². The van der Waals surface area contributed by atoms with Gasteiger partial charge in [-0.15, -0.1) is 0 Å². The van der Waals surface area contributed by atoms with Gasteiger partial charge in [0.15, 0.2) is 5.76 Å². The average molecular weight is 326 g/mol. The first-order valence-electron chi connectivity index (χ1n) is 7.29. The Hall–Kier alpha value is -3.15. The van der Waals surface area contributed by atoms with Crippen LogP contribution in [-0.2, 0) is 6.54 Å². The number of hydrogen-bond donors (Lipinski definition) is 1. The highest BCUT2D eigenvalue weighted by molar-refractivity contribution is 5.94. The SMILES string of the molecule is COc1ccc(C(=O)NCc2cc(-c3ccc(F)cc3)on2)cc1. The summed E-state index contributed by atoms with van der Waals surface area (Å²) < 4.78 is 23.2. The zero-order valence-electron chi connectivity index (χ0n) is 13.0. The standard InChI is InChI=1S/C18H15FN2O3/c1-23-16-8-4-13(5-9-16)18(22)20-11-15-10-17(24-21-15)12-2-6-14(19)7-3-12/h2-10H,11H2,1H3,(H,20,22). The predicted octanol–water partition coefficient (Wildman–Crippen LogP) is 3.42. The lowest BCUT2D eigenvalue weighted by molar-refractivity contribution is 0.0950. The molecule has 0 saturated carbocycles. The van der Waals surface area contributed by atoms with Gasteiger partial charge in [0.1, 0.15) is 17.3 Å². The van der Waals surface area contributed by atoms with Crippen LogP contribution in [0.1, 0.15) is 16.1 Å². The van der Waals surface area contributed by atoms with E-state index >= 15 is 0 Å². The molecule has 0 radical (unpaired) electrons. The molecule has 0 saturated heterocycles. The number of rotatable bonds is 5. The van der Waals surface area contributed by atoms with Crippen LogP contribution in [0.4, 0.5) is 4.39 Å². The second-order valence-corrected chi connectivity index (χ2v) is 5.10. The van der Waals surface area contributed by atoms with E-state index in [1.54, 1.807) is 49.6 Å². The fraction of sp³-hybridized carbons (Fsp3) is 0.111. The lowest BCUT2D eigenvalue weighted by Crippen LogP contribution is -2.22. The summed E-state index contributed by atoms with van der Waals surface area (Å²) in [6.07, 6.45) is 0. The van der Waals surface area contributed by atoms with Crippen LogP contribution in [0.2, 0.25) is 0 Å². The van der Waals surface area contributed by atoms with E-state index in [2.05, 4.69) is 10.5 Å². The molecule has 1 heterocycles. The lowest BCUT2D eigenvalue weighted by atomic mass is 10.1. The van der Waals surface area contributed by atoms with Crippen LogP contribution < -0.4 is 10.1 Å². The van der Waals surface area contributed by atoms with Crippen molar-refractivity contribution in [1.82, 2.24) is 10.5 Å².